The van der Waals surface area contributed by atoms with Gasteiger partial charge in [0.05, 0.1) is 25.6 Å². The highest BCUT2D eigenvalue weighted by molar-refractivity contribution is 5.90. The smallest absolute Gasteiger partial charge is 0.227 e. The molecular formula is C17H21FN2O2. The van der Waals surface area contributed by atoms with Crippen LogP contribution in [-0.4, -0.2) is 46.3 Å². The van der Waals surface area contributed by atoms with Gasteiger partial charge in [-0.2, -0.15) is 0 Å². The molecule has 0 saturated carbocycles. The van der Waals surface area contributed by atoms with Crippen molar-refractivity contribution >= 4 is 16.8 Å². The standard InChI is InChI=1S/C17H21FN2O2/c1-2-11-4-3-5-15-12(8-19-17(11)15)6-16(22)20-9-13(18)7-14(20)10-21/h3-5,8,13-14,19,21H,2,6-7,9-10H2,1H3/t13-,14-/m0/s1. The molecule has 118 valence electrons. The number of aromatic amines is 1. The number of H-pyrrole nitrogens is 1. The first-order valence-corrected chi connectivity index (χ1v) is 7.76. The van der Waals surface area contributed by atoms with Gasteiger partial charge in [0.15, 0.2) is 0 Å². The summed E-state index contributed by atoms with van der Waals surface area (Å²) in [6.07, 6.45) is 2.22. The highest BCUT2D eigenvalue weighted by Crippen LogP contribution is 2.25. The fraction of sp³-hybridized carbons (Fsp3) is 0.471. The Bertz CT molecular complexity index is 682. The maximum atomic E-state index is 13.5. The number of amides is 1. The van der Waals surface area contributed by atoms with Gasteiger partial charge in [-0.25, -0.2) is 4.39 Å². The van der Waals surface area contributed by atoms with E-state index in [1.165, 1.54) is 10.5 Å². The third-order valence-electron chi connectivity index (χ3n) is 4.50. The number of hydrogen-bond acceptors (Lipinski definition) is 2. The average molecular weight is 304 g/mol. The number of rotatable bonds is 4. The second-order valence-corrected chi connectivity index (χ2v) is 5.90. The number of aliphatic hydroxyl groups excluding tert-OH is 1. The third-order valence-corrected chi connectivity index (χ3v) is 4.50. The molecule has 1 aromatic carbocycles. The van der Waals surface area contributed by atoms with Crippen LogP contribution in [0, 0.1) is 0 Å². The molecule has 1 aliphatic rings. The zero-order valence-corrected chi connectivity index (χ0v) is 12.7. The van der Waals surface area contributed by atoms with Crippen molar-refractivity contribution in [3.8, 4) is 0 Å². The van der Waals surface area contributed by atoms with Crippen molar-refractivity contribution in [1.29, 1.82) is 0 Å². The van der Waals surface area contributed by atoms with Gasteiger partial charge in [0.25, 0.3) is 0 Å². The number of carbonyl (C=O) groups is 1. The van der Waals surface area contributed by atoms with E-state index in [2.05, 4.69) is 18.0 Å². The van der Waals surface area contributed by atoms with Crippen LogP contribution < -0.4 is 0 Å². The van der Waals surface area contributed by atoms with Crippen LogP contribution in [0.5, 0.6) is 0 Å². The molecule has 22 heavy (non-hydrogen) atoms. The lowest BCUT2D eigenvalue weighted by molar-refractivity contribution is -0.132. The fourth-order valence-corrected chi connectivity index (χ4v) is 3.32. The minimum atomic E-state index is -1.03. The Kier molecular flexibility index (Phi) is 4.16. The molecule has 5 heteroatoms. The first kappa shape index (κ1) is 15.0. The molecule has 0 radical (unpaired) electrons. The second-order valence-electron chi connectivity index (χ2n) is 5.90. The third kappa shape index (κ3) is 2.61. The largest absolute Gasteiger partial charge is 0.394 e. The summed E-state index contributed by atoms with van der Waals surface area (Å²) >= 11 is 0. The molecule has 1 amide bonds. The van der Waals surface area contributed by atoms with E-state index in [1.54, 1.807) is 0 Å². The number of nitrogens with one attached hydrogen (secondary N) is 1. The number of para-hydroxylation sites is 1. The first-order valence-electron chi connectivity index (χ1n) is 7.76. The Labute approximate surface area is 128 Å². The van der Waals surface area contributed by atoms with Crippen molar-refractivity contribution in [1.82, 2.24) is 9.88 Å². The normalized spacial score (nSPS) is 21.7. The molecule has 0 unspecified atom stereocenters. The van der Waals surface area contributed by atoms with Gasteiger partial charge in [0, 0.05) is 23.5 Å². The number of aliphatic hydroxyl groups is 1. The van der Waals surface area contributed by atoms with Crippen LogP contribution in [0.15, 0.2) is 24.4 Å². The van der Waals surface area contributed by atoms with Gasteiger partial charge < -0.3 is 15.0 Å². The fourth-order valence-electron chi connectivity index (χ4n) is 3.32. The van der Waals surface area contributed by atoms with Gasteiger partial charge >= 0.3 is 0 Å². The molecule has 2 aromatic rings. The Morgan fingerprint density at radius 1 is 1.45 bits per heavy atom. The SMILES string of the molecule is CCc1cccc2c(CC(=O)N3C[C@@H](F)C[C@H]3CO)c[nH]c12. The number of alkyl halides is 1. The van der Waals surface area contributed by atoms with Crippen molar-refractivity contribution < 1.29 is 14.3 Å². The molecule has 1 aliphatic heterocycles. The first-order chi connectivity index (χ1) is 10.6. The predicted molar refractivity (Wildman–Crippen MR) is 83.5 cm³/mol. The Balaban J connectivity index is 1.83. The maximum absolute atomic E-state index is 13.5. The van der Waals surface area contributed by atoms with E-state index >= 15 is 0 Å². The monoisotopic (exact) mass is 304 g/mol. The predicted octanol–water partition coefficient (Wildman–Crippen LogP) is 2.20. The summed E-state index contributed by atoms with van der Waals surface area (Å²) in [5, 5.41) is 10.3. The van der Waals surface area contributed by atoms with Crippen molar-refractivity contribution in [2.45, 2.75) is 38.4 Å². The number of benzene rings is 1. The maximum Gasteiger partial charge on any atom is 0.227 e. The van der Waals surface area contributed by atoms with Crippen molar-refractivity contribution in [2.75, 3.05) is 13.2 Å². The molecule has 3 rings (SSSR count). The van der Waals surface area contributed by atoms with Gasteiger partial charge in [-0.1, -0.05) is 25.1 Å². The zero-order valence-electron chi connectivity index (χ0n) is 12.7. The van der Waals surface area contributed by atoms with Crippen molar-refractivity contribution in [3.05, 3.63) is 35.5 Å². The Morgan fingerprint density at radius 3 is 3.00 bits per heavy atom. The van der Waals surface area contributed by atoms with Gasteiger partial charge in [-0.3, -0.25) is 4.79 Å². The molecule has 0 spiro atoms. The summed E-state index contributed by atoms with van der Waals surface area (Å²) in [5.41, 5.74) is 3.21. The lowest BCUT2D eigenvalue weighted by Crippen LogP contribution is -2.38. The van der Waals surface area contributed by atoms with E-state index in [9.17, 15) is 14.3 Å². The topological polar surface area (TPSA) is 56.3 Å². The van der Waals surface area contributed by atoms with Crippen LogP contribution in [0.2, 0.25) is 0 Å². The van der Waals surface area contributed by atoms with Gasteiger partial charge in [0.1, 0.15) is 6.17 Å². The molecule has 1 fully saturated rings. The lowest BCUT2D eigenvalue weighted by atomic mass is 10.0. The van der Waals surface area contributed by atoms with Crippen molar-refractivity contribution in [3.63, 3.8) is 0 Å². The van der Waals surface area contributed by atoms with Crippen LogP contribution in [0.25, 0.3) is 10.9 Å². The highest BCUT2D eigenvalue weighted by atomic mass is 19.1. The second kappa shape index (κ2) is 6.08. The quantitative estimate of drug-likeness (QED) is 0.910. The van der Waals surface area contributed by atoms with Gasteiger partial charge in [0.2, 0.25) is 5.91 Å². The van der Waals surface area contributed by atoms with E-state index < -0.39 is 6.17 Å². The zero-order chi connectivity index (χ0) is 15.7. The molecule has 1 aromatic heterocycles. The van der Waals surface area contributed by atoms with Crippen LogP contribution in [0.1, 0.15) is 24.5 Å². The van der Waals surface area contributed by atoms with Crippen LogP contribution in [0.3, 0.4) is 0 Å². The Hall–Kier alpha value is -1.88. The van der Waals surface area contributed by atoms with Gasteiger partial charge in [-0.15, -0.1) is 0 Å². The van der Waals surface area contributed by atoms with Crippen LogP contribution in [0.4, 0.5) is 4.39 Å². The number of fused-ring (bicyclic) bond motifs is 1. The number of halogens is 1. The molecule has 2 N–H and O–H groups in total. The Morgan fingerprint density at radius 2 is 2.27 bits per heavy atom. The van der Waals surface area contributed by atoms with E-state index in [0.717, 1.165) is 22.9 Å². The minimum Gasteiger partial charge on any atom is -0.394 e. The lowest BCUT2D eigenvalue weighted by Gasteiger charge is -2.22. The van der Waals surface area contributed by atoms with E-state index in [1.807, 2.05) is 18.3 Å². The van der Waals surface area contributed by atoms with Crippen molar-refractivity contribution in [2.24, 2.45) is 0 Å². The number of aromatic nitrogens is 1. The number of hydrogen-bond donors (Lipinski definition) is 2. The minimum absolute atomic E-state index is 0.0899. The number of likely N-dealkylation sites (tertiary alicyclic amines) is 1. The van der Waals surface area contributed by atoms with Crippen LogP contribution >= 0.6 is 0 Å². The molecule has 2 heterocycles. The molecule has 2 atom stereocenters. The van der Waals surface area contributed by atoms with E-state index in [4.69, 9.17) is 0 Å². The molecular weight excluding hydrogens is 283 g/mol. The summed E-state index contributed by atoms with van der Waals surface area (Å²) in [6.45, 7) is 2.00. The molecule has 4 nitrogen and oxygen atoms in total. The summed E-state index contributed by atoms with van der Waals surface area (Å²) < 4.78 is 13.5. The number of aryl methyl sites for hydroxylation is 1. The van der Waals surface area contributed by atoms with Gasteiger partial charge in [-0.05, 0) is 17.5 Å². The molecule has 1 saturated heterocycles. The van der Waals surface area contributed by atoms with Crippen LogP contribution in [-0.2, 0) is 17.6 Å². The van der Waals surface area contributed by atoms with E-state index in [-0.39, 0.29) is 37.9 Å². The summed E-state index contributed by atoms with van der Waals surface area (Å²) in [6, 6.07) is 5.67. The number of nitrogens with zero attached hydrogens (tertiary/aromatic N) is 1. The average Bonchev–Trinajstić information content (AvgIpc) is 3.10. The number of carbonyl (C=O) groups excluding carboxylic acids is 1. The summed E-state index contributed by atoms with van der Waals surface area (Å²) in [5.74, 6) is -0.123. The van der Waals surface area contributed by atoms with E-state index in [0.29, 0.717) is 0 Å². The molecule has 0 aliphatic carbocycles. The summed E-state index contributed by atoms with van der Waals surface area (Å²) in [4.78, 5) is 17.2. The highest BCUT2D eigenvalue weighted by Gasteiger charge is 2.34. The molecule has 0 bridgehead atoms. The summed E-state index contributed by atoms with van der Waals surface area (Å²) in [7, 11) is 0.